The normalized spacial score (nSPS) is 15.3. The quantitative estimate of drug-likeness (QED) is 0.0846. The molecule has 1 heterocycles. The fourth-order valence-corrected chi connectivity index (χ4v) is 3.59. The first-order valence-electron chi connectivity index (χ1n) is 11.3. The highest BCUT2D eigenvalue weighted by molar-refractivity contribution is 6.20. The summed E-state index contributed by atoms with van der Waals surface area (Å²) in [4.78, 5) is 57.0. The average molecular weight is 478 g/mol. The molecule has 0 radical (unpaired) electrons. The number of carboxylic acids is 1. The lowest BCUT2D eigenvalue weighted by Crippen LogP contribution is -2.62. The Balaban J connectivity index is 0.000000380. The third kappa shape index (κ3) is 9.28. The van der Waals surface area contributed by atoms with Gasteiger partial charge in [-0.1, -0.05) is 75.8 Å². The fraction of sp³-hybridized carbons (Fsp3) is 0.522. The molecule has 8 N–H and O–H groups in total. The number of rotatable bonds is 12. The van der Waals surface area contributed by atoms with Crippen molar-refractivity contribution in [2.45, 2.75) is 70.8 Å². The summed E-state index contributed by atoms with van der Waals surface area (Å²) in [6.07, 6.45) is 5.76. The van der Waals surface area contributed by atoms with Gasteiger partial charge in [0.25, 0.3) is 5.91 Å². The Morgan fingerprint density at radius 1 is 1.00 bits per heavy atom. The van der Waals surface area contributed by atoms with Crippen molar-refractivity contribution >= 4 is 29.7 Å². The van der Waals surface area contributed by atoms with Crippen molar-refractivity contribution in [2.24, 2.45) is 17.0 Å². The van der Waals surface area contributed by atoms with Crippen molar-refractivity contribution in [3.63, 3.8) is 0 Å². The van der Waals surface area contributed by atoms with Gasteiger partial charge < -0.3 is 10.8 Å². The van der Waals surface area contributed by atoms with Crippen LogP contribution in [-0.4, -0.2) is 40.9 Å². The Hall–Kier alpha value is -3.31. The summed E-state index contributed by atoms with van der Waals surface area (Å²) in [5.74, 6) is 1.74. The number of amides is 5. The molecule has 1 atom stereocenters. The van der Waals surface area contributed by atoms with Gasteiger partial charge in [-0.3, -0.25) is 35.2 Å². The van der Waals surface area contributed by atoms with Gasteiger partial charge in [0.05, 0.1) is 12.5 Å². The lowest BCUT2D eigenvalue weighted by molar-refractivity contribution is -0.154. The number of hydrazine groups is 1. The second-order valence-electron chi connectivity index (χ2n) is 8.21. The Morgan fingerprint density at radius 3 is 2.09 bits per heavy atom. The molecule has 2 rings (SSSR count). The number of nitrogens with one attached hydrogen (secondary N) is 3. The molecular formula is C23H35N5O6. The van der Waals surface area contributed by atoms with E-state index in [0.29, 0.717) is 12.8 Å². The number of urea groups is 1. The summed E-state index contributed by atoms with van der Waals surface area (Å²) in [6.45, 7) is 2.11. The van der Waals surface area contributed by atoms with Gasteiger partial charge in [-0.2, -0.15) is 0 Å². The first-order chi connectivity index (χ1) is 16.2. The highest BCUT2D eigenvalue weighted by Gasteiger charge is 2.51. The molecule has 11 nitrogen and oxygen atoms in total. The Bertz CT molecular complexity index is 826. The number of nitrogens with two attached hydrogens (primary N) is 2. The zero-order chi connectivity index (χ0) is 25.6. The third-order valence-electron chi connectivity index (χ3n) is 5.51. The second-order valence-corrected chi connectivity index (χ2v) is 8.21. The third-order valence-corrected chi connectivity index (χ3v) is 5.51. The number of aliphatic carboxylic acids is 1. The minimum absolute atomic E-state index is 0.135. The molecule has 1 aliphatic rings. The van der Waals surface area contributed by atoms with Crippen LogP contribution in [-0.2, 0) is 25.6 Å². The molecule has 0 saturated carbocycles. The Morgan fingerprint density at radius 2 is 1.56 bits per heavy atom. The highest BCUT2D eigenvalue weighted by Crippen LogP contribution is 2.32. The van der Waals surface area contributed by atoms with Crippen molar-refractivity contribution in [3.8, 4) is 0 Å². The van der Waals surface area contributed by atoms with Gasteiger partial charge in [0.2, 0.25) is 11.8 Å². The minimum atomic E-state index is -1.68. The molecule has 1 saturated heterocycles. The fourth-order valence-electron chi connectivity index (χ4n) is 3.59. The molecule has 0 spiro atoms. The van der Waals surface area contributed by atoms with Crippen LogP contribution in [0.2, 0.25) is 0 Å². The minimum Gasteiger partial charge on any atom is -0.481 e. The van der Waals surface area contributed by atoms with E-state index < -0.39 is 41.7 Å². The average Bonchev–Trinajstić information content (AvgIpc) is 2.79. The predicted octanol–water partition coefficient (Wildman–Crippen LogP) is 1.11. The molecular weight excluding hydrogens is 442 g/mol. The number of imide groups is 2. The lowest BCUT2D eigenvalue weighted by Gasteiger charge is -2.32. The first-order valence-corrected chi connectivity index (χ1v) is 11.3. The van der Waals surface area contributed by atoms with E-state index >= 15 is 0 Å². The van der Waals surface area contributed by atoms with Crippen LogP contribution in [0.1, 0.15) is 63.9 Å². The maximum atomic E-state index is 12.0. The monoisotopic (exact) mass is 477 g/mol. The molecule has 11 heteroatoms. The Kier molecular flexibility index (Phi) is 12.5. The van der Waals surface area contributed by atoms with Gasteiger partial charge in [-0.05, 0) is 18.4 Å². The SMILES string of the molecule is CCCCCCCCC1(CC(=O)O)C(=O)NC(=O)NC1=O.NNC(=O)C(N)Cc1ccccc1. The van der Waals surface area contributed by atoms with Crippen molar-refractivity contribution in [2.75, 3.05) is 0 Å². The standard InChI is InChI=1S/C14H22N2O5.C9H13N3O/c1-2-3-4-5-6-7-8-14(9-10(17)18)11(19)15-13(21)16-12(14)20;10-8(9(13)12-11)6-7-4-2-1-3-5-7/h2-9H2,1H3,(H,17,18)(H2,15,16,19,20,21);1-5,8H,6,10-11H2,(H,12,13). The molecule has 0 aromatic heterocycles. The van der Waals surface area contributed by atoms with Gasteiger partial charge >= 0.3 is 12.0 Å². The van der Waals surface area contributed by atoms with Crippen LogP contribution in [0.4, 0.5) is 4.79 Å². The maximum absolute atomic E-state index is 12.0. The first kappa shape index (κ1) is 28.7. The number of benzene rings is 1. The molecule has 1 fully saturated rings. The van der Waals surface area contributed by atoms with Gasteiger partial charge in [-0.25, -0.2) is 10.6 Å². The second kappa shape index (κ2) is 14.8. The van der Waals surface area contributed by atoms with Gasteiger partial charge in [0.15, 0.2) is 0 Å². The summed E-state index contributed by atoms with van der Waals surface area (Å²) in [6, 6.07) is 8.09. The molecule has 1 unspecified atom stereocenters. The molecule has 0 aliphatic carbocycles. The Labute approximate surface area is 199 Å². The number of unbranched alkanes of at least 4 members (excludes halogenated alkanes) is 5. The van der Waals surface area contributed by atoms with Crippen molar-refractivity contribution in [3.05, 3.63) is 35.9 Å². The number of hydrogen-bond donors (Lipinski definition) is 6. The summed E-state index contributed by atoms with van der Waals surface area (Å²) >= 11 is 0. The van der Waals surface area contributed by atoms with E-state index in [9.17, 15) is 24.0 Å². The van der Waals surface area contributed by atoms with E-state index in [2.05, 4.69) is 6.92 Å². The van der Waals surface area contributed by atoms with E-state index in [4.69, 9.17) is 16.7 Å². The van der Waals surface area contributed by atoms with Crippen molar-refractivity contribution in [1.29, 1.82) is 0 Å². The molecule has 1 aliphatic heterocycles. The number of carbonyl (C=O) groups excluding carboxylic acids is 4. The largest absolute Gasteiger partial charge is 0.481 e. The summed E-state index contributed by atoms with van der Waals surface area (Å²) in [5.41, 5.74) is 6.94. The van der Waals surface area contributed by atoms with E-state index in [-0.39, 0.29) is 12.3 Å². The number of carboxylic acid groups (broad SMARTS) is 1. The summed E-state index contributed by atoms with van der Waals surface area (Å²) in [7, 11) is 0. The van der Waals surface area contributed by atoms with Crippen LogP contribution in [0.15, 0.2) is 30.3 Å². The molecule has 1 aromatic carbocycles. The van der Waals surface area contributed by atoms with Gasteiger partial charge in [0, 0.05) is 0 Å². The zero-order valence-electron chi connectivity index (χ0n) is 19.5. The van der Waals surface area contributed by atoms with Crippen LogP contribution >= 0.6 is 0 Å². The van der Waals surface area contributed by atoms with Gasteiger partial charge in [0.1, 0.15) is 5.41 Å². The van der Waals surface area contributed by atoms with Crippen LogP contribution in [0, 0.1) is 5.41 Å². The van der Waals surface area contributed by atoms with Crippen molar-refractivity contribution in [1.82, 2.24) is 16.1 Å². The van der Waals surface area contributed by atoms with E-state index in [1.807, 2.05) is 46.4 Å². The van der Waals surface area contributed by atoms with E-state index in [1.54, 1.807) is 0 Å². The number of hydrogen-bond acceptors (Lipinski definition) is 7. The molecule has 1 aromatic rings. The van der Waals surface area contributed by atoms with Crippen LogP contribution in [0.25, 0.3) is 0 Å². The van der Waals surface area contributed by atoms with Crippen molar-refractivity contribution < 1.29 is 29.1 Å². The molecule has 0 bridgehead atoms. The van der Waals surface area contributed by atoms with Crippen LogP contribution in [0.3, 0.4) is 0 Å². The molecule has 5 amide bonds. The summed E-state index contributed by atoms with van der Waals surface area (Å²) < 4.78 is 0. The van der Waals surface area contributed by atoms with Gasteiger partial charge in [-0.15, -0.1) is 0 Å². The van der Waals surface area contributed by atoms with E-state index in [0.717, 1.165) is 37.7 Å². The predicted molar refractivity (Wildman–Crippen MR) is 125 cm³/mol. The topological polar surface area (TPSA) is 194 Å². The van der Waals surface area contributed by atoms with Crippen LogP contribution in [0.5, 0.6) is 0 Å². The highest BCUT2D eigenvalue weighted by atomic mass is 16.4. The lowest BCUT2D eigenvalue weighted by atomic mass is 9.76. The smallest absolute Gasteiger partial charge is 0.328 e. The molecule has 34 heavy (non-hydrogen) atoms. The summed E-state index contributed by atoms with van der Waals surface area (Å²) in [5, 5.41) is 12.9. The number of barbiturate groups is 1. The number of carbonyl (C=O) groups is 5. The van der Waals surface area contributed by atoms with Crippen LogP contribution < -0.4 is 27.6 Å². The zero-order valence-corrected chi connectivity index (χ0v) is 19.5. The van der Waals surface area contributed by atoms with E-state index in [1.165, 1.54) is 0 Å². The maximum Gasteiger partial charge on any atom is 0.328 e. The molecule has 188 valence electrons.